The summed E-state index contributed by atoms with van der Waals surface area (Å²) in [4.78, 5) is 16.7. The Kier molecular flexibility index (Phi) is 4.34. The van der Waals surface area contributed by atoms with Crippen molar-refractivity contribution in [2.24, 2.45) is 5.73 Å². The molecule has 0 saturated carbocycles. The first-order chi connectivity index (χ1) is 12.6. The highest BCUT2D eigenvalue weighted by atomic mass is 19.1. The van der Waals surface area contributed by atoms with Gasteiger partial charge in [0.25, 0.3) is 5.91 Å². The number of carbonyl (C=O) groups is 1. The highest BCUT2D eigenvalue weighted by molar-refractivity contribution is 5.85. The molecule has 26 heavy (non-hydrogen) atoms. The van der Waals surface area contributed by atoms with Gasteiger partial charge in [0.15, 0.2) is 6.61 Å². The van der Waals surface area contributed by atoms with Gasteiger partial charge in [-0.15, -0.1) is 0 Å². The first-order valence-electron chi connectivity index (χ1n) is 8.60. The number of H-pyrrole nitrogens is 1. The zero-order valence-electron chi connectivity index (χ0n) is 14.3. The van der Waals surface area contributed by atoms with E-state index in [4.69, 9.17) is 10.5 Å². The molecular formula is C20H20FN3O2. The van der Waals surface area contributed by atoms with Crippen LogP contribution in [0.4, 0.5) is 4.39 Å². The third-order valence-electron chi connectivity index (χ3n) is 4.75. The van der Waals surface area contributed by atoms with Gasteiger partial charge in [0.1, 0.15) is 11.6 Å². The minimum absolute atomic E-state index is 0.136. The summed E-state index contributed by atoms with van der Waals surface area (Å²) in [7, 11) is 0. The van der Waals surface area contributed by atoms with Crippen LogP contribution in [0.3, 0.4) is 0 Å². The molecule has 2 heterocycles. The van der Waals surface area contributed by atoms with Crippen LogP contribution in [-0.4, -0.2) is 28.9 Å². The Morgan fingerprint density at radius 3 is 2.96 bits per heavy atom. The second kappa shape index (κ2) is 6.80. The predicted octanol–water partition coefficient (Wildman–Crippen LogP) is 2.73. The molecule has 0 aliphatic carbocycles. The topological polar surface area (TPSA) is 71.4 Å². The highest BCUT2D eigenvalue weighted by Gasteiger charge is 2.21. The summed E-state index contributed by atoms with van der Waals surface area (Å²) in [6, 6.07) is 12.5. The monoisotopic (exact) mass is 353 g/mol. The quantitative estimate of drug-likeness (QED) is 0.741. The fraction of sp³-hybridized carbons (Fsp3) is 0.250. The van der Waals surface area contributed by atoms with Crippen LogP contribution in [-0.2, 0) is 24.3 Å². The largest absolute Gasteiger partial charge is 0.483 e. The van der Waals surface area contributed by atoms with Crippen molar-refractivity contribution in [3.8, 4) is 5.75 Å². The SMILES string of the molecule is NC(=O)COc1ccccc1CN1CCc2[nH]c3ccc(F)cc3c2C1. The average molecular weight is 353 g/mol. The van der Waals surface area contributed by atoms with Gasteiger partial charge in [-0.05, 0) is 29.8 Å². The van der Waals surface area contributed by atoms with E-state index in [-0.39, 0.29) is 12.4 Å². The molecule has 0 atom stereocenters. The molecule has 0 radical (unpaired) electrons. The molecule has 2 aromatic carbocycles. The number of ether oxygens (including phenoxy) is 1. The Balaban J connectivity index is 1.56. The Labute approximate surface area is 150 Å². The van der Waals surface area contributed by atoms with Gasteiger partial charge in [-0.2, -0.15) is 0 Å². The molecule has 3 N–H and O–H groups in total. The fourth-order valence-electron chi connectivity index (χ4n) is 3.54. The summed E-state index contributed by atoms with van der Waals surface area (Å²) < 4.78 is 19.2. The van der Waals surface area contributed by atoms with Gasteiger partial charge in [0.2, 0.25) is 0 Å². The minimum atomic E-state index is -0.497. The van der Waals surface area contributed by atoms with E-state index in [2.05, 4.69) is 9.88 Å². The molecule has 1 amide bonds. The third-order valence-corrected chi connectivity index (χ3v) is 4.75. The van der Waals surface area contributed by atoms with Crippen molar-refractivity contribution in [1.82, 2.24) is 9.88 Å². The van der Waals surface area contributed by atoms with E-state index in [1.807, 2.05) is 24.3 Å². The number of nitrogens with one attached hydrogen (secondary N) is 1. The number of nitrogens with two attached hydrogens (primary N) is 1. The number of primary amides is 1. The predicted molar refractivity (Wildman–Crippen MR) is 97.2 cm³/mol. The third kappa shape index (κ3) is 3.28. The number of aromatic amines is 1. The number of benzene rings is 2. The van der Waals surface area contributed by atoms with Crippen LogP contribution in [0.15, 0.2) is 42.5 Å². The second-order valence-electron chi connectivity index (χ2n) is 6.60. The molecule has 134 valence electrons. The van der Waals surface area contributed by atoms with Gasteiger partial charge < -0.3 is 15.5 Å². The zero-order valence-corrected chi connectivity index (χ0v) is 14.3. The number of hydrogen-bond donors (Lipinski definition) is 2. The van der Waals surface area contributed by atoms with E-state index in [1.54, 1.807) is 12.1 Å². The Hall–Kier alpha value is -2.86. The van der Waals surface area contributed by atoms with E-state index < -0.39 is 5.91 Å². The molecule has 6 heteroatoms. The van der Waals surface area contributed by atoms with Gasteiger partial charge in [-0.1, -0.05) is 18.2 Å². The maximum Gasteiger partial charge on any atom is 0.255 e. The van der Waals surface area contributed by atoms with Crippen LogP contribution < -0.4 is 10.5 Å². The minimum Gasteiger partial charge on any atom is -0.483 e. The molecule has 0 bridgehead atoms. The fourth-order valence-corrected chi connectivity index (χ4v) is 3.54. The van der Waals surface area contributed by atoms with Crippen LogP contribution >= 0.6 is 0 Å². The molecule has 5 nitrogen and oxygen atoms in total. The van der Waals surface area contributed by atoms with Gasteiger partial charge in [0, 0.05) is 48.2 Å². The zero-order chi connectivity index (χ0) is 18.1. The van der Waals surface area contributed by atoms with Crippen molar-refractivity contribution >= 4 is 16.8 Å². The number of para-hydroxylation sites is 1. The van der Waals surface area contributed by atoms with E-state index in [1.165, 1.54) is 11.8 Å². The van der Waals surface area contributed by atoms with Crippen molar-refractivity contribution in [2.45, 2.75) is 19.5 Å². The number of aromatic nitrogens is 1. The van der Waals surface area contributed by atoms with Gasteiger partial charge in [-0.25, -0.2) is 4.39 Å². The van der Waals surface area contributed by atoms with E-state index >= 15 is 0 Å². The summed E-state index contributed by atoms with van der Waals surface area (Å²) in [5, 5.41) is 0.947. The maximum atomic E-state index is 13.6. The Bertz CT molecular complexity index is 967. The van der Waals surface area contributed by atoms with Crippen molar-refractivity contribution in [3.05, 3.63) is 65.1 Å². The lowest BCUT2D eigenvalue weighted by molar-refractivity contribution is -0.119. The van der Waals surface area contributed by atoms with Gasteiger partial charge in [0.05, 0.1) is 0 Å². The highest BCUT2D eigenvalue weighted by Crippen LogP contribution is 2.30. The van der Waals surface area contributed by atoms with Gasteiger partial charge >= 0.3 is 0 Å². The summed E-state index contributed by atoms with van der Waals surface area (Å²) in [6.45, 7) is 2.19. The second-order valence-corrected chi connectivity index (χ2v) is 6.60. The van der Waals surface area contributed by atoms with Crippen LogP contribution in [0.25, 0.3) is 10.9 Å². The number of hydrogen-bond acceptors (Lipinski definition) is 3. The van der Waals surface area contributed by atoms with E-state index in [9.17, 15) is 9.18 Å². The average Bonchev–Trinajstić information content (AvgIpc) is 2.98. The summed E-state index contributed by atoms with van der Waals surface area (Å²) in [6.07, 6.45) is 0.885. The normalized spacial score (nSPS) is 14.3. The Morgan fingerprint density at radius 2 is 2.12 bits per heavy atom. The molecule has 3 aromatic rings. The van der Waals surface area contributed by atoms with Gasteiger partial charge in [-0.3, -0.25) is 9.69 Å². The maximum absolute atomic E-state index is 13.6. The standard InChI is InChI=1S/C20H20FN3O2/c21-14-5-6-17-15(9-14)16-11-24(8-7-18(16)23-17)10-13-3-1-2-4-19(13)26-12-20(22)25/h1-6,9,23H,7-8,10-12H2,(H2,22,25). The first-order valence-corrected chi connectivity index (χ1v) is 8.60. The van der Waals surface area contributed by atoms with Crippen LogP contribution in [0.1, 0.15) is 16.8 Å². The summed E-state index contributed by atoms with van der Waals surface area (Å²) in [5.74, 6) is -0.0491. The lowest BCUT2D eigenvalue weighted by Crippen LogP contribution is -2.30. The first kappa shape index (κ1) is 16.6. The number of fused-ring (bicyclic) bond motifs is 3. The smallest absolute Gasteiger partial charge is 0.255 e. The van der Waals surface area contributed by atoms with Crippen molar-refractivity contribution in [2.75, 3.05) is 13.2 Å². The van der Waals surface area contributed by atoms with Crippen LogP contribution in [0.2, 0.25) is 0 Å². The summed E-state index contributed by atoms with van der Waals surface area (Å²) in [5.41, 5.74) is 9.49. The molecular weight excluding hydrogens is 333 g/mol. The van der Waals surface area contributed by atoms with Crippen molar-refractivity contribution in [3.63, 3.8) is 0 Å². The molecule has 1 aliphatic heterocycles. The van der Waals surface area contributed by atoms with E-state index in [0.29, 0.717) is 12.3 Å². The molecule has 0 spiro atoms. The lowest BCUT2D eigenvalue weighted by Gasteiger charge is -2.27. The van der Waals surface area contributed by atoms with Crippen molar-refractivity contribution in [1.29, 1.82) is 0 Å². The van der Waals surface area contributed by atoms with Crippen LogP contribution in [0.5, 0.6) is 5.75 Å². The molecule has 0 unspecified atom stereocenters. The number of nitrogens with zero attached hydrogens (tertiary/aromatic N) is 1. The molecule has 0 fully saturated rings. The van der Waals surface area contributed by atoms with Crippen molar-refractivity contribution < 1.29 is 13.9 Å². The van der Waals surface area contributed by atoms with Crippen LogP contribution in [0, 0.1) is 5.82 Å². The number of rotatable bonds is 5. The Morgan fingerprint density at radius 1 is 1.27 bits per heavy atom. The lowest BCUT2D eigenvalue weighted by atomic mass is 10.0. The molecule has 1 aliphatic rings. The molecule has 4 rings (SSSR count). The summed E-state index contributed by atoms with van der Waals surface area (Å²) >= 11 is 0. The molecule has 0 saturated heterocycles. The van der Waals surface area contributed by atoms with E-state index in [0.717, 1.165) is 41.5 Å². The number of carbonyl (C=O) groups excluding carboxylic acids is 1. The number of amides is 1. The number of halogens is 1. The molecule has 1 aromatic heterocycles.